The van der Waals surface area contributed by atoms with Crippen LogP contribution in [0, 0.1) is 5.92 Å². The van der Waals surface area contributed by atoms with Gasteiger partial charge < -0.3 is 9.88 Å². The Morgan fingerprint density at radius 1 is 0.935 bits per heavy atom. The fraction of sp³-hybridized carbons (Fsp3) is 0.481. The van der Waals surface area contributed by atoms with Crippen molar-refractivity contribution < 1.29 is 4.79 Å². The maximum atomic E-state index is 12.1. The predicted octanol–water partition coefficient (Wildman–Crippen LogP) is 6.15. The molecular weight excluding hydrogens is 382 g/mol. The Bertz CT molecular complexity index is 957. The lowest BCUT2D eigenvalue weighted by Crippen LogP contribution is -2.24. The molecule has 0 saturated heterocycles. The summed E-state index contributed by atoms with van der Waals surface area (Å²) in [5, 5.41) is 3.03. The zero-order valence-electron chi connectivity index (χ0n) is 18.6. The van der Waals surface area contributed by atoms with E-state index in [4.69, 9.17) is 4.98 Å². The number of aryl methyl sites for hydroxylation is 2. The van der Waals surface area contributed by atoms with Crippen LogP contribution in [-0.2, 0) is 13.0 Å². The van der Waals surface area contributed by atoms with E-state index in [0.29, 0.717) is 0 Å². The van der Waals surface area contributed by atoms with Crippen LogP contribution >= 0.6 is 0 Å². The Kier molecular flexibility index (Phi) is 7.76. The van der Waals surface area contributed by atoms with Gasteiger partial charge in [-0.05, 0) is 49.4 Å². The number of carbonyl (C=O) groups is 1. The van der Waals surface area contributed by atoms with Crippen molar-refractivity contribution >= 4 is 16.9 Å². The zero-order chi connectivity index (χ0) is 21.3. The molecule has 1 fully saturated rings. The highest BCUT2D eigenvalue weighted by atomic mass is 16.1. The van der Waals surface area contributed by atoms with E-state index in [0.717, 1.165) is 55.8 Å². The Morgan fingerprint density at radius 2 is 1.71 bits per heavy atom. The number of imidazole rings is 1. The average Bonchev–Trinajstić information content (AvgIpc) is 3.18. The molecule has 0 bridgehead atoms. The summed E-state index contributed by atoms with van der Waals surface area (Å²) in [6, 6.07) is 18.0. The van der Waals surface area contributed by atoms with E-state index in [-0.39, 0.29) is 5.91 Å². The van der Waals surface area contributed by atoms with E-state index in [1.807, 2.05) is 30.3 Å². The van der Waals surface area contributed by atoms with Gasteiger partial charge in [0.1, 0.15) is 5.82 Å². The predicted molar refractivity (Wildman–Crippen MR) is 127 cm³/mol. The van der Waals surface area contributed by atoms with Gasteiger partial charge in [-0.15, -0.1) is 0 Å². The molecule has 4 rings (SSSR count). The summed E-state index contributed by atoms with van der Waals surface area (Å²) in [4.78, 5) is 17.1. The second kappa shape index (κ2) is 11.1. The summed E-state index contributed by atoms with van der Waals surface area (Å²) >= 11 is 0. The number of para-hydroxylation sites is 2. The van der Waals surface area contributed by atoms with E-state index in [1.165, 1.54) is 49.9 Å². The van der Waals surface area contributed by atoms with Gasteiger partial charge in [0.05, 0.1) is 11.0 Å². The van der Waals surface area contributed by atoms with Crippen LogP contribution in [0.1, 0.15) is 74.0 Å². The van der Waals surface area contributed by atoms with Gasteiger partial charge in [0.15, 0.2) is 0 Å². The fourth-order valence-electron chi connectivity index (χ4n) is 4.83. The first kappa shape index (κ1) is 21.6. The molecule has 4 nitrogen and oxygen atoms in total. The van der Waals surface area contributed by atoms with Gasteiger partial charge in [-0.2, -0.15) is 0 Å². The number of unbranched alkanes of at least 4 members (excludes halogenated alkanes) is 2. The summed E-state index contributed by atoms with van der Waals surface area (Å²) in [7, 11) is 0. The minimum atomic E-state index is 0.0186. The average molecular weight is 418 g/mol. The van der Waals surface area contributed by atoms with Crippen molar-refractivity contribution in [2.45, 2.75) is 70.8 Å². The van der Waals surface area contributed by atoms with Crippen LogP contribution in [0.3, 0.4) is 0 Å². The lowest BCUT2D eigenvalue weighted by atomic mass is 9.87. The molecule has 1 aliphatic carbocycles. The lowest BCUT2D eigenvalue weighted by molar-refractivity contribution is 0.0953. The molecule has 1 amide bonds. The minimum Gasteiger partial charge on any atom is -0.352 e. The van der Waals surface area contributed by atoms with Crippen molar-refractivity contribution in [2.75, 3.05) is 6.54 Å². The summed E-state index contributed by atoms with van der Waals surface area (Å²) < 4.78 is 2.47. The number of benzene rings is 2. The van der Waals surface area contributed by atoms with Crippen LogP contribution in [0.5, 0.6) is 0 Å². The number of hydrogen-bond donors (Lipinski definition) is 1. The summed E-state index contributed by atoms with van der Waals surface area (Å²) in [6.07, 6.45) is 12.5. The van der Waals surface area contributed by atoms with Gasteiger partial charge >= 0.3 is 0 Å². The third-order valence-electron chi connectivity index (χ3n) is 6.62. The van der Waals surface area contributed by atoms with Crippen molar-refractivity contribution in [1.29, 1.82) is 0 Å². The molecule has 2 aromatic carbocycles. The van der Waals surface area contributed by atoms with Crippen molar-refractivity contribution in [3.05, 3.63) is 66.0 Å². The molecule has 0 aliphatic heterocycles. The molecule has 1 N–H and O–H groups in total. The molecule has 1 heterocycles. The van der Waals surface area contributed by atoms with Crippen LogP contribution in [0.15, 0.2) is 54.6 Å². The number of fused-ring (bicyclic) bond motifs is 1. The summed E-state index contributed by atoms with van der Waals surface area (Å²) in [5.74, 6) is 2.13. The summed E-state index contributed by atoms with van der Waals surface area (Å²) in [5.41, 5.74) is 3.13. The molecule has 3 aromatic rings. The fourth-order valence-corrected chi connectivity index (χ4v) is 4.83. The number of carbonyl (C=O) groups excluding carboxylic acids is 1. The van der Waals surface area contributed by atoms with Crippen molar-refractivity contribution in [3.8, 4) is 0 Å². The third kappa shape index (κ3) is 5.96. The number of nitrogens with one attached hydrogen (secondary N) is 1. The van der Waals surface area contributed by atoms with Crippen LogP contribution in [0.2, 0.25) is 0 Å². The molecule has 164 valence electrons. The second-order valence-electron chi connectivity index (χ2n) is 8.89. The maximum Gasteiger partial charge on any atom is 0.251 e. The van der Waals surface area contributed by atoms with Crippen LogP contribution in [-0.4, -0.2) is 22.0 Å². The van der Waals surface area contributed by atoms with Crippen LogP contribution < -0.4 is 5.32 Å². The van der Waals surface area contributed by atoms with E-state index in [9.17, 15) is 4.79 Å². The number of rotatable bonds is 10. The third-order valence-corrected chi connectivity index (χ3v) is 6.62. The number of amides is 1. The normalized spacial score (nSPS) is 14.7. The topological polar surface area (TPSA) is 46.9 Å². The maximum absolute atomic E-state index is 12.1. The molecule has 1 aromatic heterocycles. The molecular formula is C27H35N3O. The first-order valence-corrected chi connectivity index (χ1v) is 12.1. The monoisotopic (exact) mass is 417 g/mol. The molecule has 1 aliphatic rings. The van der Waals surface area contributed by atoms with Gasteiger partial charge in [0.25, 0.3) is 5.91 Å². The quantitative estimate of drug-likeness (QED) is 0.402. The Labute approximate surface area is 186 Å². The largest absolute Gasteiger partial charge is 0.352 e. The Morgan fingerprint density at radius 3 is 2.55 bits per heavy atom. The van der Waals surface area contributed by atoms with E-state index in [1.54, 1.807) is 0 Å². The first-order chi connectivity index (χ1) is 15.3. The zero-order valence-corrected chi connectivity index (χ0v) is 18.6. The van der Waals surface area contributed by atoms with Crippen molar-refractivity contribution in [1.82, 2.24) is 14.9 Å². The molecule has 1 saturated carbocycles. The second-order valence-corrected chi connectivity index (χ2v) is 8.89. The highest BCUT2D eigenvalue weighted by Crippen LogP contribution is 2.28. The highest BCUT2D eigenvalue weighted by molar-refractivity contribution is 5.94. The van der Waals surface area contributed by atoms with E-state index in [2.05, 4.69) is 34.1 Å². The SMILES string of the molecule is O=C(NCCCCCc1nc2ccccc2n1CCC1CCCCC1)c1ccccc1. The number of nitrogens with zero attached hydrogens (tertiary/aromatic N) is 2. The van der Waals surface area contributed by atoms with Crippen LogP contribution in [0.4, 0.5) is 0 Å². The smallest absolute Gasteiger partial charge is 0.251 e. The highest BCUT2D eigenvalue weighted by Gasteiger charge is 2.16. The first-order valence-electron chi connectivity index (χ1n) is 12.1. The van der Waals surface area contributed by atoms with Gasteiger partial charge in [-0.3, -0.25) is 4.79 Å². The minimum absolute atomic E-state index is 0.0186. The molecule has 0 atom stereocenters. The molecule has 31 heavy (non-hydrogen) atoms. The van der Waals surface area contributed by atoms with Gasteiger partial charge in [-0.25, -0.2) is 4.98 Å². The van der Waals surface area contributed by atoms with Gasteiger partial charge in [-0.1, -0.05) is 68.9 Å². The Hall–Kier alpha value is -2.62. The van der Waals surface area contributed by atoms with Gasteiger partial charge in [0, 0.05) is 25.1 Å². The lowest BCUT2D eigenvalue weighted by Gasteiger charge is -2.22. The number of hydrogen-bond acceptors (Lipinski definition) is 2. The standard InChI is InChI=1S/C27H35N3O/c31-27(23-14-6-2-7-15-23)28-20-11-3-8-18-26-29-24-16-9-10-17-25(24)30(26)21-19-22-12-4-1-5-13-22/h2,6-7,9-10,14-17,22H,1,3-5,8,11-13,18-21H2,(H,28,31). The Balaban J connectivity index is 1.26. The molecule has 4 heteroatoms. The molecule has 0 unspecified atom stereocenters. The van der Waals surface area contributed by atoms with Crippen molar-refractivity contribution in [2.24, 2.45) is 5.92 Å². The van der Waals surface area contributed by atoms with E-state index < -0.39 is 0 Å². The van der Waals surface area contributed by atoms with Crippen molar-refractivity contribution in [3.63, 3.8) is 0 Å². The van der Waals surface area contributed by atoms with Gasteiger partial charge in [0.2, 0.25) is 0 Å². The van der Waals surface area contributed by atoms with E-state index >= 15 is 0 Å². The molecule has 0 spiro atoms. The molecule has 0 radical (unpaired) electrons. The number of aromatic nitrogens is 2. The summed E-state index contributed by atoms with van der Waals surface area (Å²) in [6.45, 7) is 1.82. The van der Waals surface area contributed by atoms with Crippen LogP contribution in [0.25, 0.3) is 11.0 Å².